The van der Waals surface area contributed by atoms with Gasteiger partial charge in [-0.2, -0.15) is 0 Å². The number of hydrogen-bond acceptors (Lipinski definition) is 1. The van der Waals surface area contributed by atoms with Crippen molar-refractivity contribution in [2.75, 3.05) is 6.61 Å². The maximum Gasteiger partial charge on any atom is 0.0431 e. The van der Waals surface area contributed by atoms with E-state index in [0.29, 0.717) is 12.0 Å². The normalized spacial score (nSPS) is 14.4. The summed E-state index contributed by atoms with van der Waals surface area (Å²) in [6.45, 7) is 9.63. The maximum atomic E-state index is 8.71. The van der Waals surface area contributed by atoms with E-state index in [1.807, 2.05) is 0 Å². The summed E-state index contributed by atoms with van der Waals surface area (Å²) >= 11 is 0. The van der Waals surface area contributed by atoms with Gasteiger partial charge in [0.25, 0.3) is 0 Å². The molecule has 0 aliphatic heterocycles. The van der Waals surface area contributed by atoms with Gasteiger partial charge in [-0.05, 0) is 30.6 Å². The Labute approximate surface area is 89.9 Å². The molecule has 1 unspecified atom stereocenters. The lowest BCUT2D eigenvalue weighted by atomic mass is 9.83. The highest BCUT2D eigenvalue weighted by Gasteiger charge is 2.14. The van der Waals surface area contributed by atoms with Gasteiger partial charge in [-0.15, -0.1) is 0 Å². The minimum absolute atomic E-state index is 0.352. The van der Waals surface area contributed by atoms with E-state index in [1.165, 1.54) is 32.1 Å². The lowest BCUT2D eigenvalue weighted by molar-refractivity contribution is 0.263. The van der Waals surface area contributed by atoms with Crippen LogP contribution in [0, 0.1) is 11.3 Å². The van der Waals surface area contributed by atoms with Gasteiger partial charge in [-0.25, -0.2) is 0 Å². The summed E-state index contributed by atoms with van der Waals surface area (Å²) in [5, 5.41) is 8.71. The molecule has 0 aliphatic rings. The molecule has 0 bridgehead atoms. The van der Waals surface area contributed by atoms with Crippen LogP contribution in [-0.2, 0) is 0 Å². The van der Waals surface area contributed by atoms with Crippen molar-refractivity contribution in [3.63, 3.8) is 0 Å². The van der Waals surface area contributed by atoms with Gasteiger partial charge in [0.2, 0.25) is 0 Å². The van der Waals surface area contributed by atoms with E-state index < -0.39 is 0 Å². The first-order chi connectivity index (χ1) is 6.52. The van der Waals surface area contributed by atoms with Crippen molar-refractivity contribution in [3.05, 3.63) is 0 Å². The Hall–Kier alpha value is -0.0400. The van der Waals surface area contributed by atoms with Crippen LogP contribution < -0.4 is 0 Å². The summed E-state index contributed by atoms with van der Waals surface area (Å²) in [4.78, 5) is 0. The monoisotopic (exact) mass is 200 g/mol. The Balaban J connectivity index is 3.43. The smallest absolute Gasteiger partial charge is 0.0431 e. The second-order valence-corrected chi connectivity index (χ2v) is 5.38. The van der Waals surface area contributed by atoms with Crippen molar-refractivity contribution in [1.82, 2.24) is 0 Å². The zero-order chi connectivity index (χ0) is 11.0. The highest BCUT2D eigenvalue weighted by Crippen LogP contribution is 2.28. The molecule has 0 aliphatic carbocycles. The van der Waals surface area contributed by atoms with Gasteiger partial charge in [0.05, 0.1) is 0 Å². The van der Waals surface area contributed by atoms with Crippen LogP contribution in [0.4, 0.5) is 0 Å². The maximum absolute atomic E-state index is 8.71. The van der Waals surface area contributed by atoms with Crippen molar-refractivity contribution in [1.29, 1.82) is 0 Å². The van der Waals surface area contributed by atoms with Crippen LogP contribution >= 0.6 is 0 Å². The topological polar surface area (TPSA) is 20.2 Å². The summed E-state index contributed by atoms with van der Waals surface area (Å²) in [6, 6.07) is 0. The number of aliphatic hydroxyl groups excluding tert-OH is 1. The SMILES string of the molecule is CCC(C)(C)CCCC(C)CCCO. The molecule has 14 heavy (non-hydrogen) atoms. The highest BCUT2D eigenvalue weighted by molar-refractivity contribution is 4.67. The lowest BCUT2D eigenvalue weighted by Gasteiger charge is -2.23. The van der Waals surface area contributed by atoms with Crippen LogP contribution in [0.1, 0.15) is 66.2 Å². The van der Waals surface area contributed by atoms with Gasteiger partial charge in [-0.3, -0.25) is 0 Å². The second-order valence-electron chi connectivity index (χ2n) is 5.38. The van der Waals surface area contributed by atoms with E-state index in [-0.39, 0.29) is 0 Å². The molecule has 0 rings (SSSR count). The summed E-state index contributed by atoms with van der Waals surface area (Å²) in [6.07, 6.45) is 7.43. The molecule has 0 heterocycles. The minimum Gasteiger partial charge on any atom is -0.396 e. The average molecular weight is 200 g/mol. The van der Waals surface area contributed by atoms with Crippen molar-refractivity contribution in [2.24, 2.45) is 11.3 Å². The Kier molecular flexibility index (Phi) is 7.26. The van der Waals surface area contributed by atoms with Gasteiger partial charge >= 0.3 is 0 Å². The van der Waals surface area contributed by atoms with E-state index >= 15 is 0 Å². The summed E-state index contributed by atoms with van der Waals surface area (Å²) in [7, 11) is 0. The Morgan fingerprint density at radius 3 is 2.21 bits per heavy atom. The van der Waals surface area contributed by atoms with Gasteiger partial charge in [0.15, 0.2) is 0 Å². The molecule has 0 aromatic carbocycles. The molecular formula is C13H28O. The van der Waals surface area contributed by atoms with E-state index in [4.69, 9.17) is 5.11 Å². The Bertz CT molecular complexity index is 129. The fourth-order valence-corrected chi connectivity index (χ4v) is 1.69. The quantitative estimate of drug-likeness (QED) is 0.628. The van der Waals surface area contributed by atoms with E-state index in [9.17, 15) is 0 Å². The lowest BCUT2D eigenvalue weighted by Crippen LogP contribution is -2.09. The molecule has 0 spiro atoms. The van der Waals surface area contributed by atoms with Crippen LogP contribution in [0.5, 0.6) is 0 Å². The number of aliphatic hydroxyl groups is 1. The molecule has 0 aromatic rings. The fraction of sp³-hybridized carbons (Fsp3) is 1.00. The molecule has 1 atom stereocenters. The summed E-state index contributed by atoms with van der Waals surface area (Å²) in [5.74, 6) is 0.787. The van der Waals surface area contributed by atoms with Crippen molar-refractivity contribution in [2.45, 2.75) is 66.2 Å². The standard InChI is InChI=1S/C13H28O/c1-5-13(3,4)10-6-8-12(2)9-7-11-14/h12,14H,5-11H2,1-4H3. The molecule has 0 saturated heterocycles. The summed E-state index contributed by atoms with van der Waals surface area (Å²) < 4.78 is 0. The zero-order valence-corrected chi connectivity index (χ0v) is 10.5. The van der Waals surface area contributed by atoms with Crippen LogP contribution in [0.25, 0.3) is 0 Å². The van der Waals surface area contributed by atoms with Crippen LogP contribution in [-0.4, -0.2) is 11.7 Å². The van der Waals surface area contributed by atoms with Crippen LogP contribution in [0.15, 0.2) is 0 Å². The Morgan fingerprint density at radius 2 is 1.71 bits per heavy atom. The fourth-order valence-electron chi connectivity index (χ4n) is 1.69. The molecule has 0 saturated carbocycles. The third-order valence-corrected chi connectivity index (χ3v) is 3.36. The van der Waals surface area contributed by atoms with Gasteiger partial charge in [-0.1, -0.05) is 47.0 Å². The first-order valence-corrected chi connectivity index (χ1v) is 6.12. The van der Waals surface area contributed by atoms with Gasteiger partial charge in [0.1, 0.15) is 0 Å². The minimum atomic E-state index is 0.352. The third kappa shape index (κ3) is 7.37. The first kappa shape index (κ1) is 14.0. The molecule has 1 heteroatoms. The van der Waals surface area contributed by atoms with Crippen LogP contribution in [0.2, 0.25) is 0 Å². The molecule has 1 nitrogen and oxygen atoms in total. The third-order valence-electron chi connectivity index (χ3n) is 3.36. The second kappa shape index (κ2) is 7.28. The predicted molar refractivity (Wildman–Crippen MR) is 63.4 cm³/mol. The number of hydrogen-bond donors (Lipinski definition) is 1. The average Bonchev–Trinajstić information content (AvgIpc) is 2.14. The molecule has 0 aromatic heterocycles. The van der Waals surface area contributed by atoms with Gasteiger partial charge < -0.3 is 5.11 Å². The summed E-state index contributed by atoms with van der Waals surface area (Å²) in [5.41, 5.74) is 0.525. The number of rotatable bonds is 8. The van der Waals surface area contributed by atoms with E-state index in [0.717, 1.165) is 12.3 Å². The van der Waals surface area contributed by atoms with Gasteiger partial charge in [0, 0.05) is 6.61 Å². The molecule has 0 fully saturated rings. The predicted octanol–water partition coefficient (Wildman–Crippen LogP) is 4.00. The van der Waals surface area contributed by atoms with Crippen molar-refractivity contribution in [3.8, 4) is 0 Å². The highest BCUT2D eigenvalue weighted by atomic mass is 16.2. The molecule has 0 radical (unpaired) electrons. The first-order valence-electron chi connectivity index (χ1n) is 6.12. The van der Waals surface area contributed by atoms with E-state index in [2.05, 4.69) is 27.7 Å². The molecular weight excluding hydrogens is 172 g/mol. The molecule has 86 valence electrons. The van der Waals surface area contributed by atoms with Crippen molar-refractivity contribution >= 4 is 0 Å². The molecule has 1 N–H and O–H groups in total. The zero-order valence-electron chi connectivity index (χ0n) is 10.5. The van der Waals surface area contributed by atoms with E-state index in [1.54, 1.807) is 0 Å². The molecule has 0 amide bonds. The van der Waals surface area contributed by atoms with Crippen molar-refractivity contribution < 1.29 is 5.11 Å². The Morgan fingerprint density at radius 1 is 1.14 bits per heavy atom. The largest absolute Gasteiger partial charge is 0.396 e. The van der Waals surface area contributed by atoms with Crippen LogP contribution in [0.3, 0.4) is 0 Å².